The van der Waals surface area contributed by atoms with Crippen LogP contribution in [0.4, 0.5) is 10.7 Å². The molecule has 3 saturated heterocycles. The van der Waals surface area contributed by atoms with Crippen LogP contribution in [-0.2, 0) is 24.7 Å². The Bertz CT molecular complexity index is 1270. The Labute approximate surface area is 194 Å². The zero-order valence-corrected chi connectivity index (χ0v) is 19.3. The molecule has 4 aliphatic heterocycles. The van der Waals surface area contributed by atoms with E-state index in [4.69, 9.17) is 4.74 Å². The standard InChI is InChI=1S/C24H23N3O5S/c1-11-12(2)33-21(16(11)22(30)32-3)27-19(28)17-15-9-6-10-26(15)24(18(17)20(27)29)13-7-4-5-8-14(13)25-23(24)31/h4-5,7-8,15,17-18H,6,9-10H2,1-3H3,(H,25,31). The van der Waals surface area contributed by atoms with Gasteiger partial charge in [0.2, 0.25) is 17.7 Å². The van der Waals surface area contributed by atoms with E-state index in [9.17, 15) is 19.2 Å². The molecule has 9 heteroatoms. The summed E-state index contributed by atoms with van der Waals surface area (Å²) < 4.78 is 4.97. The Morgan fingerprint density at radius 2 is 1.94 bits per heavy atom. The molecule has 0 aliphatic carbocycles. The summed E-state index contributed by atoms with van der Waals surface area (Å²) in [6.45, 7) is 4.29. The molecule has 1 spiro atoms. The van der Waals surface area contributed by atoms with E-state index < -0.39 is 29.3 Å². The third-order valence-corrected chi connectivity index (χ3v) is 9.05. The van der Waals surface area contributed by atoms with Gasteiger partial charge in [0.1, 0.15) is 10.5 Å². The number of rotatable bonds is 2. The molecule has 1 aromatic carbocycles. The molecule has 3 fully saturated rings. The number of benzene rings is 1. The summed E-state index contributed by atoms with van der Waals surface area (Å²) in [6.07, 6.45) is 1.61. The van der Waals surface area contributed by atoms with Crippen LogP contribution in [-0.4, -0.2) is 48.3 Å². The van der Waals surface area contributed by atoms with Crippen LogP contribution < -0.4 is 10.2 Å². The highest BCUT2D eigenvalue weighted by molar-refractivity contribution is 7.17. The van der Waals surface area contributed by atoms with Crippen molar-refractivity contribution >= 4 is 45.7 Å². The van der Waals surface area contributed by atoms with Gasteiger partial charge >= 0.3 is 5.97 Å². The molecule has 0 bridgehead atoms. The maximum Gasteiger partial charge on any atom is 0.341 e. The number of carbonyl (C=O) groups excluding carboxylic acids is 4. The van der Waals surface area contributed by atoms with E-state index in [-0.39, 0.29) is 23.4 Å². The van der Waals surface area contributed by atoms with Crippen LogP contribution in [0.5, 0.6) is 0 Å². The van der Waals surface area contributed by atoms with Crippen molar-refractivity contribution in [3.63, 3.8) is 0 Å². The van der Waals surface area contributed by atoms with Crippen molar-refractivity contribution in [3.05, 3.63) is 45.8 Å². The summed E-state index contributed by atoms with van der Waals surface area (Å²) in [6, 6.07) is 7.22. The third kappa shape index (κ3) is 2.29. The molecule has 4 aliphatic rings. The highest BCUT2D eigenvalue weighted by atomic mass is 32.1. The zero-order chi connectivity index (χ0) is 23.2. The van der Waals surface area contributed by atoms with Crippen molar-refractivity contribution in [1.82, 2.24) is 4.90 Å². The van der Waals surface area contributed by atoms with Gasteiger partial charge in [-0.05, 0) is 44.9 Å². The first-order valence-electron chi connectivity index (χ1n) is 11.1. The van der Waals surface area contributed by atoms with Crippen LogP contribution in [0.25, 0.3) is 0 Å². The minimum absolute atomic E-state index is 0.197. The van der Waals surface area contributed by atoms with Gasteiger partial charge in [-0.25, -0.2) is 9.69 Å². The van der Waals surface area contributed by atoms with Crippen LogP contribution >= 0.6 is 11.3 Å². The van der Waals surface area contributed by atoms with Crippen LogP contribution in [0, 0.1) is 25.7 Å². The van der Waals surface area contributed by atoms with Crippen molar-refractivity contribution in [3.8, 4) is 0 Å². The maximum absolute atomic E-state index is 14.1. The number of ether oxygens (including phenoxy) is 1. The number of anilines is 2. The number of carbonyl (C=O) groups is 4. The summed E-state index contributed by atoms with van der Waals surface area (Å²) in [4.78, 5) is 58.3. The van der Waals surface area contributed by atoms with Crippen LogP contribution in [0.2, 0.25) is 0 Å². The van der Waals surface area contributed by atoms with Crippen molar-refractivity contribution in [2.24, 2.45) is 11.8 Å². The van der Waals surface area contributed by atoms with Crippen LogP contribution in [0.15, 0.2) is 24.3 Å². The van der Waals surface area contributed by atoms with E-state index in [0.717, 1.165) is 28.2 Å². The lowest BCUT2D eigenvalue weighted by Crippen LogP contribution is -2.54. The second-order valence-corrected chi connectivity index (χ2v) is 10.3. The molecule has 170 valence electrons. The van der Waals surface area contributed by atoms with Gasteiger partial charge < -0.3 is 10.1 Å². The number of nitrogens with zero attached hydrogens (tertiary/aromatic N) is 2. The molecule has 0 saturated carbocycles. The number of para-hydroxylation sites is 1. The summed E-state index contributed by atoms with van der Waals surface area (Å²) in [7, 11) is 1.28. The summed E-state index contributed by atoms with van der Waals surface area (Å²) in [5, 5.41) is 3.26. The first-order valence-corrected chi connectivity index (χ1v) is 11.9. The molecular formula is C24H23N3O5S. The van der Waals surface area contributed by atoms with Gasteiger partial charge in [0.25, 0.3) is 0 Å². The molecule has 5 heterocycles. The number of fused-ring (bicyclic) bond motifs is 7. The lowest BCUT2D eigenvalue weighted by atomic mass is 9.75. The molecule has 0 radical (unpaired) electrons. The van der Waals surface area contributed by atoms with Gasteiger partial charge in [0, 0.05) is 22.2 Å². The lowest BCUT2D eigenvalue weighted by Gasteiger charge is -2.36. The number of amides is 3. The lowest BCUT2D eigenvalue weighted by molar-refractivity contribution is -0.135. The van der Waals surface area contributed by atoms with Gasteiger partial charge in [-0.2, -0.15) is 0 Å². The van der Waals surface area contributed by atoms with E-state index in [1.165, 1.54) is 18.4 Å². The number of hydrogen-bond acceptors (Lipinski definition) is 7. The summed E-state index contributed by atoms with van der Waals surface area (Å²) >= 11 is 1.24. The van der Waals surface area contributed by atoms with E-state index in [2.05, 4.69) is 10.2 Å². The van der Waals surface area contributed by atoms with Crippen LogP contribution in [0.1, 0.15) is 39.2 Å². The Morgan fingerprint density at radius 3 is 2.70 bits per heavy atom. The van der Waals surface area contributed by atoms with Gasteiger partial charge in [0.15, 0.2) is 0 Å². The maximum atomic E-state index is 14.1. The predicted octanol–water partition coefficient (Wildman–Crippen LogP) is 2.58. The largest absolute Gasteiger partial charge is 0.465 e. The zero-order valence-electron chi connectivity index (χ0n) is 18.5. The monoisotopic (exact) mass is 465 g/mol. The molecule has 8 nitrogen and oxygen atoms in total. The first-order chi connectivity index (χ1) is 15.8. The van der Waals surface area contributed by atoms with E-state index in [0.29, 0.717) is 22.8 Å². The quantitative estimate of drug-likeness (QED) is 0.541. The summed E-state index contributed by atoms with van der Waals surface area (Å²) in [5.74, 6) is -3.05. The molecule has 4 atom stereocenters. The molecule has 4 unspecified atom stereocenters. The minimum atomic E-state index is -1.21. The Morgan fingerprint density at radius 1 is 1.18 bits per heavy atom. The number of hydrogen-bond donors (Lipinski definition) is 1. The number of nitrogens with one attached hydrogen (secondary N) is 1. The van der Waals surface area contributed by atoms with Crippen molar-refractivity contribution < 1.29 is 23.9 Å². The molecular weight excluding hydrogens is 442 g/mol. The average molecular weight is 466 g/mol. The van der Waals surface area contributed by atoms with E-state index in [1.54, 1.807) is 6.92 Å². The second-order valence-electron chi connectivity index (χ2n) is 9.14. The number of aryl methyl sites for hydroxylation is 1. The number of imide groups is 1. The van der Waals surface area contributed by atoms with Crippen LogP contribution in [0.3, 0.4) is 0 Å². The first kappa shape index (κ1) is 20.6. The molecule has 33 heavy (non-hydrogen) atoms. The fourth-order valence-electron chi connectivity index (χ4n) is 6.47. The topological polar surface area (TPSA) is 96.0 Å². The SMILES string of the molecule is COC(=O)c1c(N2C(=O)C3C4CCCN4C4(C(=O)Nc5ccccc54)C3C2=O)sc(C)c1C. The Hall–Kier alpha value is -3.04. The summed E-state index contributed by atoms with van der Waals surface area (Å²) in [5.41, 5.74) is 1.17. The smallest absolute Gasteiger partial charge is 0.341 e. The molecule has 1 aromatic heterocycles. The van der Waals surface area contributed by atoms with Crippen molar-refractivity contribution in [2.45, 2.75) is 38.3 Å². The number of methoxy groups -OCH3 is 1. The van der Waals surface area contributed by atoms with Gasteiger partial charge in [-0.15, -0.1) is 11.3 Å². The van der Waals surface area contributed by atoms with Crippen molar-refractivity contribution in [1.29, 1.82) is 0 Å². The fraction of sp³-hybridized carbons (Fsp3) is 0.417. The predicted molar refractivity (Wildman–Crippen MR) is 121 cm³/mol. The molecule has 3 amide bonds. The average Bonchev–Trinajstić information content (AvgIpc) is 3.55. The van der Waals surface area contributed by atoms with E-state index >= 15 is 0 Å². The van der Waals surface area contributed by atoms with Crippen molar-refractivity contribution in [2.75, 3.05) is 23.9 Å². The minimum Gasteiger partial charge on any atom is -0.465 e. The Kier molecular flexibility index (Phi) is 4.20. The molecule has 1 N–H and O–H groups in total. The normalized spacial score (nSPS) is 30.1. The van der Waals surface area contributed by atoms with E-state index in [1.807, 2.05) is 31.2 Å². The van der Waals surface area contributed by atoms with Gasteiger partial charge in [-0.1, -0.05) is 18.2 Å². The molecule has 2 aromatic rings. The van der Waals surface area contributed by atoms with Gasteiger partial charge in [-0.3, -0.25) is 19.3 Å². The third-order valence-electron chi connectivity index (χ3n) is 7.86. The van der Waals surface area contributed by atoms with Gasteiger partial charge in [0.05, 0.1) is 24.5 Å². The highest BCUT2D eigenvalue weighted by Crippen LogP contribution is 2.61. The second kappa shape index (κ2) is 6.74. The number of esters is 1. The fourth-order valence-corrected chi connectivity index (χ4v) is 7.62. The Balaban J connectivity index is 1.55. The highest BCUT2D eigenvalue weighted by Gasteiger charge is 2.74. The molecule has 6 rings (SSSR count). The number of thiophene rings is 1.